The third-order valence-electron chi connectivity index (χ3n) is 11.3. The first kappa shape index (κ1) is 53.1. The maximum absolute atomic E-state index is 12.7. The summed E-state index contributed by atoms with van der Waals surface area (Å²) in [5, 5.41) is 15.4. The summed E-state index contributed by atoms with van der Waals surface area (Å²) in [4.78, 5) is 71.0. The molecule has 0 spiro atoms. The minimum Gasteiger partial charge on any atom is -0.465 e. The van der Waals surface area contributed by atoms with Crippen molar-refractivity contribution in [3.8, 4) is 12.0 Å². The van der Waals surface area contributed by atoms with Crippen LogP contribution in [0.5, 0.6) is 12.0 Å². The SMILES string of the molecule is C.CCCCOc1nc(N)c([N+](=O)[O-])c(N(CC(=O)OCC)Cc2ccc3c(c2)CN(C(=O)OC(C)(C)C)CC3)n1.CCCCOc1nc(N)c2c(n1)N(Cc1ccc3c(c1)CNCC3)CC(=O)C2. The van der Waals surface area contributed by atoms with Crippen molar-refractivity contribution in [1.82, 2.24) is 30.2 Å². The fraction of sp³-hybridized carbons (Fsp3) is 0.531. The Hall–Kier alpha value is -6.83. The van der Waals surface area contributed by atoms with Crippen molar-refractivity contribution in [2.45, 2.75) is 126 Å². The van der Waals surface area contributed by atoms with Crippen LogP contribution in [0.3, 0.4) is 0 Å². The van der Waals surface area contributed by atoms with Gasteiger partial charge in [0.2, 0.25) is 11.6 Å². The van der Waals surface area contributed by atoms with E-state index >= 15 is 0 Å². The normalized spacial score (nSPS) is 13.9. The van der Waals surface area contributed by atoms with Gasteiger partial charge in [-0.2, -0.15) is 19.9 Å². The minimum atomic E-state index is -0.676. The van der Waals surface area contributed by atoms with Gasteiger partial charge >= 0.3 is 29.8 Å². The van der Waals surface area contributed by atoms with Crippen molar-refractivity contribution in [1.29, 1.82) is 0 Å². The number of aromatic nitrogens is 4. The first-order chi connectivity index (χ1) is 32.5. The van der Waals surface area contributed by atoms with Gasteiger partial charge in [-0.15, -0.1) is 0 Å². The molecule has 3 aliphatic heterocycles. The van der Waals surface area contributed by atoms with Crippen molar-refractivity contribution < 1.29 is 38.3 Å². The number of nitrogens with zero attached hydrogens (tertiary/aromatic N) is 8. The first-order valence-corrected chi connectivity index (χ1v) is 23.4. The molecule has 4 aromatic rings. The Morgan fingerprint density at radius 3 is 2.19 bits per heavy atom. The van der Waals surface area contributed by atoms with Crippen molar-refractivity contribution in [2.24, 2.45) is 0 Å². The molecular formula is C49H69N11O9. The number of rotatable bonds is 17. The van der Waals surface area contributed by atoms with Crippen LogP contribution in [0.25, 0.3) is 0 Å². The summed E-state index contributed by atoms with van der Waals surface area (Å²) in [5.74, 6) is 0.0798. The molecule has 2 aromatic carbocycles. The molecule has 3 aliphatic rings. The fourth-order valence-corrected chi connectivity index (χ4v) is 7.98. The first-order valence-electron chi connectivity index (χ1n) is 23.4. The third-order valence-corrected chi connectivity index (χ3v) is 11.3. The van der Waals surface area contributed by atoms with Crippen LogP contribution in [0.15, 0.2) is 36.4 Å². The number of hydrogen-bond acceptors (Lipinski definition) is 18. The Bertz CT molecular complexity index is 2450. The van der Waals surface area contributed by atoms with Gasteiger partial charge in [-0.1, -0.05) is 70.5 Å². The Morgan fingerprint density at radius 1 is 0.870 bits per heavy atom. The molecule has 1 amide bonds. The Morgan fingerprint density at radius 2 is 1.52 bits per heavy atom. The Kier molecular flexibility index (Phi) is 18.8. The number of amides is 1. The van der Waals surface area contributed by atoms with Gasteiger partial charge in [-0.3, -0.25) is 19.7 Å². The summed E-state index contributed by atoms with van der Waals surface area (Å²) in [6.07, 6.45) is 5.18. The smallest absolute Gasteiger partial charge is 0.410 e. The maximum atomic E-state index is 12.7. The van der Waals surface area contributed by atoms with Gasteiger partial charge in [0.1, 0.15) is 23.8 Å². The van der Waals surface area contributed by atoms with E-state index in [9.17, 15) is 24.5 Å². The zero-order valence-corrected chi connectivity index (χ0v) is 40.1. The number of nitro groups is 1. The third kappa shape index (κ3) is 14.6. The number of Topliss-reactive ketones (excluding diaryl/α,β-unsaturated/α-hetero) is 1. The number of esters is 1. The number of fused-ring (bicyclic) bond motifs is 3. The number of nitrogen functional groups attached to an aromatic ring is 2. The number of unbranched alkanes of at least 4 members (excludes halogenated alkanes) is 2. The molecule has 5 heterocycles. The van der Waals surface area contributed by atoms with Gasteiger partial charge in [0, 0.05) is 44.7 Å². The lowest BCUT2D eigenvalue weighted by Gasteiger charge is -2.31. The number of carbonyl (C=O) groups is 3. The molecule has 0 atom stereocenters. The van der Waals surface area contributed by atoms with Gasteiger partial charge in [0.05, 0.1) is 31.3 Å². The second-order valence-electron chi connectivity index (χ2n) is 17.9. The predicted molar refractivity (Wildman–Crippen MR) is 263 cm³/mol. The fourth-order valence-electron chi connectivity index (χ4n) is 7.98. The van der Waals surface area contributed by atoms with Crippen molar-refractivity contribution in [3.05, 3.63) is 85.5 Å². The summed E-state index contributed by atoms with van der Waals surface area (Å²) < 4.78 is 21.9. The second-order valence-corrected chi connectivity index (χ2v) is 17.9. The topological polar surface area (TPSA) is 257 Å². The van der Waals surface area contributed by atoms with Gasteiger partial charge < -0.3 is 50.4 Å². The van der Waals surface area contributed by atoms with Crippen LogP contribution >= 0.6 is 0 Å². The van der Waals surface area contributed by atoms with Crippen LogP contribution in [-0.4, -0.2) is 99.2 Å². The van der Waals surface area contributed by atoms with E-state index in [0.717, 1.165) is 73.3 Å². The van der Waals surface area contributed by atoms with E-state index in [1.165, 1.54) is 16.0 Å². The molecule has 20 heteroatoms. The highest BCUT2D eigenvalue weighted by molar-refractivity contribution is 5.91. The van der Waals surface area contributed by atoms with Crippen LogP contribution in [0, 0.1) is 10.1 Å². The van der Waals surface area contributed by atoms with Crippen molar-refractivity contribution in [2.75, 3.05) is 67.3 Å². The van der Waals surface area contributed by atoms with Crippen LogP contribution in [0.2, 0.25) is 0 Å². The molecule has 0 unspecified atom stereocenters. The van der Waals surface area contributed by atoms with E-state index in [-0.39, 0.29) is 57.0 Å². The van der Waals surface area contributed by atoms with E-state index in [0.29, 0.717) is 63.2 Å². The lowest BCUT2D eigenvalue weighted by molar-refractivity contribution is -0.383. The van der Waals surface area contributed by atoms with E-state index in [4.69, 9.17) is 30.4 Å². The molecule has 0 aliphatic carbocycles. The molecule has 0 saturated heterocycles. The lowest BCUT2D eigenvalue weighted by Crippen LogP contribution is -2.40. The Balaban J connectivity index is 0.000000268. The Labute approximate surface area is 404 Å². The highest BCUT2D eigenvalue weighted by Gasteiger charge is 2.32. The molecule has 69 heavy (non-hydrogen) atoms. The summed E-state index contributed by atoms with van der Waals surface area (Å²) in [6, 6.07) is 12.5. The number of ketones is 1. The molecule has 5 N–H and O–H groups in total. The summed E-state index contributed by atoms with van der Waals surface area (Å²) in [6.45, 7) is 15.7. The van der Waals surface area contributed by atoms with E-state index in [1.54, 1.807) is 11.8 Å². The number of nitrogens with two attached hydrogens (primary N) is 2. The number of benzene rings is 2. The molecule has 7 rings (SSSR count). The van der Waals surface area contributed by atoms with Crippen LogP contribution < -0.4 is 36.1 Å². The average molecular weight is 956 g/mol. The van der Waals surface area contributed by atoms with Gasteiger partial charge in [-0.05, 0) is 93.3 Å². The highest BCUT2D eigenvalue weighted by Crippen LogP contribution is 2.35. The highest BCUT2D eigenvalue weighted by atomic mass is 16.6. The van der Waals surface area contributed by atoms with E-state index in [1.807, 2.05) is 50.8 Å². The van der Waals surface area contributed by atoms with Gasteiger partial charge in [-0.25, -0.2) is 4.79 Å². The van der Waals surface area contributed by atoms with Gasteiger partial charge in [0.25, 0.3) is 0 Å². The zero-order chi connectivity index (χ0) is 49.0. The molecule has 2 aromatic heterocycles. The van der Waals surface area contributed by atoms with Gasteiger partial charge in [0.15, 0.2) is 5.78 Å². The van der Waals surface area contributed by atoms with E-state index in [2.05, 4.69) is 50.4 Å². The van der Waals surface area contributed by atoms with Crippen LogP contribution in [0.4, 0.5) is 33.8 Å². The molecular weight excluding hydrogens is 887 g/mol. The quantitative estimate of drug-likeness (QED) is 0.0433. The van der Waals surface area contributed by atoms with Crippen LogP contribution in [-0.2, 0) is 64.5 Å². The number of anilines is 4. The monoisotopic (exact) mass is 956 g/mol. The molecule has 0 radical (unpaired) electrons. The number of carbonyl (C=O) groups excluding carboxylic acids is 3. The molecule has 374 valence electrons. The maximum Gasteiger partial charge on any atom is 0.410 e. The minimum absolute atomic E-state index is 0. The lowest BCUT2D eigenvalue weighted by atomic mass is 9.97. The van der Waals surface area contributed by atoms with E-state index < -0.39 is 28.3 Å². The second kappa shape index (κ2) is 24.5. The van der Waals surface area contributed by atoms with Crippen molar-refractivity contribution >= 4 is 46.8 Å². The van der Waals surface area contributed by atoms with Crippen molar-refractivity contribution in [3.63, 3.8) is 0 Å². The zero-order valence-electron chi connectivity index (χ0n) is 40.1. The largest absolute Gasteiger partial charge is 0.465 e. The molecule has 20 nitrogen and oxygen atoms in total. The average Bonchev–Trinajstić information content (AvgIpc) is 3.28. The molecule has 0 saturated carbocycles. The van der Waals surface area contributed by atoms with Crippen LogP contribution in [0.1, 0.15) is 114 Å². The summed E-state index contributed by atoms with van der Waals surface area (Å²) >= 11 is 0. The number of ether oxygens (including phenoxy) is 4. The summed E-state index contributed by atoms with van der Waals surface area (Å²) in [7, 11) is 0. The molecule has 0 bridgehead atoms. The number of nitrogens with one attached hydrogen (secondary N) is 1. The number of hydrogen-bond donors (Lipinski definition) is 3. The molecule has 0 fully saturated rings. The summed E-state index contributed by atoms with van der Waals surface area (Å²) in [5.41, 5.74) is 18.3. The predicted octanol–water partition coefficient (Wildman–Crippen LogP) is 6.66. The standard InChI is InChI=1S/C27H38N6O7.C21H27N5O2.CH4/c1-6-8-13-39-25-29-23(28)22(33(36)37)24(30-25)32(17-21(34)38-7-2)15-18-9-10-19-11-12-31(16-20(19)14-18)26(35)40-27(3,4)5;1-2-3-8-28-21-24-19(22)18-10-17(27)13-26(20(18)25-21)12-14-4-5-15-6-7-23-11-16(15)9-14;/h9-10,14H,6-8,11-13,15-17H2,1-5H3,(H2,28,29,30);4-5,9,23H,2-3,6-8,10-13H2,1H3,(H2,22,24,25);1H4.